The molecule has 2 aromatic rings. The van der Waals surface area contributed by atoms with Crippen molar-refractivity contribution in [3.8, 4) is 0 Å². The van der Waals surface area contributed by atoms with Crippen LogP contribution in [0, 0.1) is 5.82 Å². The van der Waals surface area contributed by atoms with Gasteiger partial charge < -0.3 is 0 Å². The predicted molar refractivity (Wildman–Crippen MR) is 74.0 cm³/mol. The van der Waals surface area contributed by atoms with Crippen molar-refractivity contribution < 1.29 is 4.39 Å². The Kier molecular flexibility index (Phi) is 8.35. The zero-order valence-electron chi connectivity index (χ0n) is 8.94. The SMILES string of the molecule is CC.Fc1ccc2ccccc2c1.PS. The minimum atomic E-state index is -0.177. The Bertz CT molecular complexity index is 390. The van der Waals surface area contributed by atoms with E-state index < -0.39 is 0 Å². The maximum atomic E-state index is 12.6. The highest BCUT2D eigenvalue weighted by molar-refractivity contribution is 8.31. The molecule has 82 valence electrons. The molecule has 0 bridgehead atoms. The van der Waals surface area contributed by atoms with Gasteiger partial charge in [-0.1, -0.05) is 52.6 Å². The highest BCUT2D eigenvalue weighted by Gasteiger charge is 1.92. The lowest BCUT2D eigenvalue weighted by Gasteiger charge is -1.94. The molecule has 0 aromatic heterocycles. The van der Waals surface area contributed by atoms with E-state index in [9.17, 15) is 4.39 Å². The number of thiol groups is 1. The van der Waals surface area contributed by atoms with E-state index in [2.05, 4.69) is 20.7 Å². The standard InChI is InChI=1S/C10H7F.C2H6.H3PS/c11-10-6-5-8-3-1-2-4-9(8)7-10;2*1-2/h1-7H;1-2H3;2H,1H2. The molecule has 0 aliphatic carbocycles. The Morgan fingerprint density at radius 2 is 1.47 bits per heavy atom. The zero-order chi connectivity index (χ0) is 11.7. The molecule has 0 N–H and O–H groups in total. The van der Waals surface area contributed by atoms with Gasteiger partial charge in [-0.2, -0.15) is 12.2 Å². The van der Waals surface area contributed by atoms with Crippen LogP contribution in [0.4, 0.5) is 4.39 Å². The lowest BCUT2D eigenvalue weighted by molar-refractivity contribution is 0.630. The highest BCUT2D eigenvalue weighted by Crippen LogP contribution is 2.13. The van der Waals surface area contributed by atoms with Crippen molar-refractivity contribution >= 4 is 31.5 Å². The van der Waals surface area contributed by atoms with Gasteiger partial charge in [0.25, 0.3) is 0 Å². The lowest BCUT2D eigenvalue weighted by atomic mass is 10.1. The minimum absolute atomic E-state index is 0.177. The van der Waals surface area contributed by atoms with Crippen LogP contribution >= 0.6 is 20.7 Å². The van der Waals surface area contributed by atoms with Crippen molar-refractivity contribution in [1.29, 1.82) is 0 Å². The fourth-order valence-electron chi connectivity index (χ4n) is 1.16. The van der Waals surface area contributed by atoms with Gasteiger partial charge in [-0.05, 0) is 22.9 Å². The molecule has 0 spiro atoms. The van der Waals surface area contributed by atoms with Crippen molar-refractivity contribution in [2.45, 2.75) is 13.8 Å². The molecule has 0 fully saturated rings. The van der Waals surface area contributed by atoms with Crippen molar-refractivity contribution in [3.63, 3.8) is 0 Å². The number of halogens is 1. The molecule has 15 heavy (non-hydrogen) atoms. The van der Waals surface area contributed by atoms with E-state index in [1.807, 2.05) is 38.1 Å². The van der Waals surface area contributed by atoms with Gasteiger partial charge in [0.1, 0.15) is 5.82 Å². The molecule has 3 heteroatoms. The van der Waals surface area contributed by atoms with E-state index in [-0.39, 0.29) is 5.82 Å². The Labute approximate surface area is 98.3 Å². The van der Waals surface area contributed by atoms with Crippen LogP contribution in [0.15, 0.2) is 42.5 Å². The largest absolute Gasteiger partial charge is 0.207 e. The van der Waals surface area contributed by atoms with Gasteiger partial charge >= 0.3 is 0 Å². The van der Waals surface area contributed by atoms with Crippen molar-refractivity contribution in [3.05, 3.63) is 48.3 Å². The summed E-state index contributed by atoms with van der Waals surface area (Å²) in [6.07, 6.45) is 0. The summed E-state index contributed by atoms with van der Waals surface area (Å²) in [6.45, 7) is 4.00. The molecular weight excluding hydrogens is 226 g/mol. The summed E-state index contributed by atoms with van der Waals surface area (Å²) in [7, 11) is 2.11. The number of rotatable bonds is 0. The van der Waals surface area contributed by atoms with Crippen LogP contribution in [0.5, 0.6) is 0 Å². The Morgan fingerprint density at radius 3 is 2.07 bits per heavy atom. The molecule has 2 rings (SSSR count). The number of hydrogen-bond acceptors (Lipinski definition) is 1. The zero-order valence-corrected chi connectivity index (χ0v) is 11.0. The van der Waals surface area contributed by atoms with Crippen LogP contribution in [0.25, 0.3) is 10.8 Å². The molecule has 0 radical (unpaired) electrons. The molecule has 0 nitrogen and oxygen atoms in total. The Morgan fingerprint density at radius 1 is 0.933 bits per heavy atom. The van der Waals surface area contributed by atoms with Crippen molar-refractivity contribution in [2.24, 2.45) is 0 Å². The second-order valence-electron chi connectivity index (χ2n) is 2.49. The van der Waals surface area contributed by atoms with Crippen LogP contribution in [0.1, 0.15) is 13.8 Å². The maximum Gasteiger partial charge on any atom is 0.123 e. The molecule has 0 aliphatic rings. The van der Waals surface area contributed by atoms with Crippen LogP contribution < -0.4 is 0 Å². The fourth-order valence-corrected chi connectivity index (χ4v) is 1.16. The summed E-state index contributed by atoms with van der Waals surface area (Å²) in [4.78, 5) is 0. The monoisotopic (exact) mass is 242 g/mol. The van der Waals surface area contributed by atoms with Gasteiger partial charge in [-0.3, -0.25) is 0 Å². The van der Waals surface area contributed by atoms with Crippen LogP contribution in [0.2, 0.25) is 0 Å². The predicted octanol–water partition coefficient (Wildman–Crippen LogP) is 4.71. The van der Waals surface area contributed by atoms with Crippen molar-refractivity contribution in [1.82, 2.24) is 0 Å². The minimum Gasteiger partial charge on any atom is -0.207 e. The van der Waals surface area contributed by atoms with Gasteiger partial charge in [0.15, 0.2) is 0 Å². The van der Waals surface area contributed by atoms with E-state index >= 15 is 0 Å². The van der Waals surface area contributed by atoms with Gasteiger partial charge in [0.05, 0.1) is 0 Å². The number of benzene rings is 2. The van der Waals surface area contributed by atoms with Gasteiger partial charge in [0.2, 0.25) is 0 Å². The summed E-state index contributed by atoms with van der Waals surface area (Å²) in [5.41, 5.74) is 0. The highest BCUT2D eigenvalue weighted by atomic mass is 32.7. The van der Waals surface area contributed by atoms with Gasteiger partial charge in [-0.25, -0.2) is 4.39 Å². The third-order valence-electron chi connectivity index (χ3n) is 1.71. The second kappa shape index (κ2) is 8.70. The Balaban J connectivity index is 0.000000442. The molecule has 2 aromatic carbocycles. The maximum absolute atomic E-state index is 12.6. The first-order valence-electron chi connectivity index (χ1n) is 4.76. The van der Waals surface area contributed by atoms with Crippen LogP contribution in [0.3, 0.4) is 0 Å². The Hall–Kier alpha value is -0.590. The average molecular weight is 242 g/mol. The van der Waals surface area contributed by atoms with Gasteiger partial charge in [-0.15, -0.1) is 0 Å². The second-order valence-corrected chi connectivity index (χ2v) is 2.49. The van der Waals surface area contributed by atoms with E-state index in [1.165, 1.54) is 12.1 Å². The molecule has 0 saturated heterocycles. The molecule has 0 saturated carbocycles. The smallest absolute Gasteiger partial charge is 0.123 e. The normalized spacial score (nSPS) is 8.33. The third kappa shape index (κ3) is 4.63. The average Bonchev–Trinajstić information content (AvgIpc) is 2.34. The van der Waals surface area contributed by atoms with E-state index in [1.54, 1.807) is 6.07 Å². The van der Waals surface area contributed by atoms with Crippen molar-refractivity contribution in [2.75, 3.05) is 0 Å². The first kappa shape index (κ1) is 14.4. The summed E-state index contributed by atoms with van der Waals surface area (Å²) in [5.74, 6) is -0.177. The summed E-state index contributed by atoms with van der Waals surface area (Å²) >= 11 is 3.44. The number of hydrogen-bond donors (Lipinski definition) is 1. The van der Waals surface area contributed by atoms with Crippen LogP contribution in [-0.2, 0) is 0 Å². The first-order chi connectivity index (χ1) is 7.36. The van der Waals surface area contributed by atoms with E-state index in [0.717, 1.165) is 10.8 Å². The fraction of sp³-hybridized carbons (Fsp3) is 0.167. The summed E-state index contributed by atoms with van der Waals surface area (Å²) in [5, 5.41) is 2.03. The molecular formula is C12H16FPS. The molecule has 0 aliphatic heterocycles. The number of fused-ring (bicyclic) bond motifs is 1. The third-order valence-corrected chi connectivity index (χ3v) is 1.71. The quantitative estimate of drug-likeness (QED) is 0.502. The molecule has 1 unspecified atom stereocenters. The summed E-state index contributed by atoms with van der Waals surface area (Å²) in [6, 6.07) is 12.5. The molecule has 0 amide bonds. The van der Waals surface area contributed by atoms with Crippen LogP contribution in [-0.4, -0.2) is 0 Å². The molecule has 1 atom stereocenters. The summed E-state index contributed by atoms with van der Waals surface area (Å²) < 4.78 is 12.6. The van der Waals surface area contributed by atoms with E-state index in [0.29, 0.717) is 0 Å². The lowest BCUT2D eigenvalue weighted by Crippen LogP contribution is -1.73. The first-order valence-corrected chi connectivity index (χ1v) is 6.83. The van der Waals surface area contributed by atoms with E-state index in [4.69, 9.17) is 0 Å². The topological polar surface area (TPSA) is 0 Å². The van der Waals surface area contributed by atoms with Gasteiger partial charge in [0, 0.05) is 0 Å². The molecule has 0 heterocycles.